The highest BCUT2D eigenvalue weighted by atomic mass is 31.3. The summed E-state index contributed by atoms with van der Waals surface area (Å²) < 4.78 is 58.9. The zero-order valence-corrected chi connectivity index (χ0v) is 44.2. The van der Waals surface area contributed by atoms with Crippen molar-refractivity contribution < 1.29 is 81.3 Å². The molecule has 21 nitrogen and oxygen atoms in total. The van der Waals surface area contributed by atoms with Crippen LogP contribution in [0.15, 0.2) is 41.4 Å². The summed E-state index contributed by atoms with van der Waals surface area (Å²) in [4.78, 5) is 78.4. The fraction of sp³-hybridized carbons (Fsp3) is 0.776. The number of carbonyl (C=O) groups is 3. The number of hydrogen-bond donors (Lipinski definition) is 7. The lowest BCUT2D eigenvalue weighted by atomic mass is 9.83. The number of cyclic esters (lactones) is 1. The Morgan fingerprint density at radius 3 is 2.18 bits per heavy atom. The lowest BCUT2D eigenvalue weighted by Gasteiger charge is -2.38. The maximum atomic E-state index is 14.3. The second kappa shape index (κ2) is 33.7. The smallest absolute Gasteiger partial charge is 0.462 e. The first-order chi connectivity index (χ1) is 34.3. The van der Waals surface area contributed by atoms with Crippen molar-refractivity contribution in [2.24, 2.45) is 17.8 Å². The van der Waals surface area contributed by atoms with Crippen LogP contribution in [-0.2, 0) is 51.1 Å². The molecule has 12 atom stereocenters. The van der Waals surface area contributed by atoms with Crippen molar-refractivity contribution in [3.8, 4) is 0 Å². The SMILES string of the molecule is CCCCC[C@H](O)C=C[C@@H]1[C@H](O)[C@H](O)[C@H]2COP(=O)(O)OP(=O)(O)OC[C@H](OC(=O)CCCCCCCCCCCCC(C)CC)COC(=O)CCCC=CC[C@@H](C(=O)C[C@H]1O)[C@H](n1ccc(N)nc1=O)O2. The Morgan fingerprint density at radius 1 is 0.889 bits per heavy atom. The number of aliphatic hydroxyl groups excluding tert-OH is 4. The first-order valence-corrected chi connectivity index (χ1v) is 28.8. The number of rotatable bonds is 22. The Labute approximate surface area is 424 Å². The molecule has 0 aliphatic carbocycles. The molecule has 0 spiro atoms. The number of esters is 2. The van der Waals surface area contributed by atoms with Gasteiger partial charge in [-0.2, -0.15) is 9.29 Å². The van der Waals surface area contributed by atoms with E-state index in [0.717, 1.165) is 61.6 Å². The predicted molar refractivity (Wildman–Crippen MR) is 267 cm³/mol. The molecule has 2 aliphatic rings. The Bertz CT molecular complexity index is 1990. The number of nitrogens with zero attached hydrogens (tertiary/aromatic N) is 2. The molecule has 0 saturated carbocycles. The summed E-state index contributed by atoms with van der Waals surface area (Å²) in [6.07, 6.45) is 10.0. The number of allylic oxidation sites excluding steroid dienone is 2. The van der Waals surface area contributed by atoms with Gasteiger partial charge in [0.25, 0.3) is 0 Å². The van der Waals surface area contributed by atoms with Gasteiger partial charge in [0.1, 0.15) is 36.6 Å². The van der Waals surface area contributed by atoms with Crippen molar-refractivity contribution in [3.05, 3.63) is 47.1 Å². The number of ether oxygens (including phenoxy) is 3. The van der Waals surface area contributed by atoms with Gasteiger partial charge in [-0.05, 0) is 44.1 Å². The molecule has 412 valence electrons. The summed E-state index contributed by atoms with van der Waals surface area (Å²) in [6.45, 7) is 3.73. The van der Waals surface area contributed by atoms with Crippen LogP contribution >= 0.6 is 15.6 Å². The molecule has 0 amide bonds. The number of anilines is 1. The van der Waals surface area contributed by atoms with E-state index in [1.54, 1.807) is 12.2 Å². The van der Waals surface area contributed by atoms with Crippen LogP contribution in [-0.4, -0.2) is 114 Å². The summed E-state index contributed by atoms with van der Waals surface area (Å²) in [5, 5.41) is 45.5. The highest BCUT2D eigenvalue weighted by Gasteiger charge is 2.45. The average molecular weight is 1060 g/mol. The molecular formula is C49H83N3O18P2. The van der Waals surface area contributed by atoms with Crippen LogP contribution in [0.2, 0.25) is 0 Å². The first kappa shape index (κ1) is 63.1. The number of phosphoric ester groups is 2. The van der Waals surface area contributed by atoms with Gasteiger partial charge in [-0.15, -0.1) is 0 Å². The zero-order valence-electron chi connectivity index (χ0n) is 42.4. The summed E-state index contributed by atoms with van der Waals surface area (Å²) in [6, 6.07) is 1.21. The minimum Gasteiger partial charge on any atom is -0.462 e. The van der Waals surface area contributed by atoms with Crippen molar-refractivity contribution in [1.29, 1.82) is 0 Å². The van der Waals surface area contributed by atoms with Gasteiger partial charge >= 0.3 is 33.3 Å². The molecule has 1 aromatic heterocycles. The van der Waals surface area contributed by atoms with Crippen LogP contribution in [0.4, 0.5) is 5.82 Å². The molecule has 0 aromatic carbocycles. The van der Waals surface area contributed by atoms with Crippen LogP contribution in [0, 0.1) is 17.8 Å². The van der Waals surface area contributed by atoms with Crippen molar-refractivity contribution >= 4 is 39.2 Å². The molecule has 3 unspecified atom stereocenters. The highest BCUT2D eigenvalue weighted by molar-refractivity contribution is 7.61. The van der Waals surface area contributed by atoms with E-state index in [1.165, 1.54) is 56.7 Å². The molecule has 1 fully saturated rings. The van der Waals surface area contributed by atoms with Crippen molar-refractivity contribution in [1.82, 2.24) is 9.55 Å². The molecule has 2 bridgehead atoms. The van der Waals surface area contributed by atoms with Crippen molar-refractivity contribution in [2.75, 3.05) is 25.6 Å². The van der Waals surface area contributed by atoms with E-state index in [4.69, 9.17) is 29.0 Å². The van der Waals surface area contributed by atoms with E-state index in [9.17, 15) is 58.5 Å². The Kier molecular flexibility index (Phi) is 29.5. The van der Waals surface area contributed by atoms with Crippen LogP contribution in [0.5, 0.6) is 0 Å². The average Bonchev–Trinajstić information content (AvgIpc) is 3.31. The number of fused-ring (bicyclic) bond motifs is 3. The second-order valence-electron chi connectivity index (χ2n) is 19.1. The van der Waals surface area contributed by atoms with Gasteiger partial charge in [0.2, 0.25) is 0 Å². The number of ketones is 1. The van der Waals surface area contributed by atoms with Gasteiger partial charge in [0, 0.05) is 31.4 Å². The maximum absolute atomic E-state index is 14.3. The Morgan fingerprint density at radius 2 is 1.53 bits per heavy atom. The number of aromatic nitrogens is 2. The monoisotopic (exact) mass is 1060 g/mol. The number of hydrogen-bond acceptors (Lipinski definition) is 18. The maximum Gasteiger partial charge on any atom is 0.481 e. The number of nitrogen functional groups attached to an aromatic ring is 1. The number of unbranched alkanes of at least 4 members (excludes halogenated alkanes) is 11. The van der Waals surface area contributed by atoms with Crippen molar-refractivity contribution in [2.45, 2.75) is 205 Å². The molecular weight excluding hydrogens is 980 g/mol. The second-order valence-corrected chi connectivity index (χ2v) is 22.1. The quantitative estimate of drug-likeness (QED) is 0.0264. The minimum atomic E-state index is -5.72. The lowest BCUT2D eigenvalue weighted by Crippen LogP contribution is -2.51. The normalized spacial score (nSPS) is 29.8. The first-order valence-electron chi connectivity index (χ1n) is 25.8. The van der Waals surface area contributed by atoms with Crippen LogP contribution < -0.4 is 11.4 Å². The van der Waals surface area contributed by atoms with Gasteiger partial charge in [-0.25, -0.2) is 13.9 Å². The van der Waals surface area contributed by atoms with Crippen LogP contribution in [0.25, 0.3) is 0 Å². The zero-order chi connectivity index (χ0) is 53.1. The third-order valence-electron chi connectivity index (χ3n) is 12.9. The summed E-state index contributed by atoms with van der Waals surface area (Å²) in [5.41, 5.74) is 4.72. The summed E-state index contributed by atoms with van der Waals surface area (Å²) in [5.74, 6) is -4.36. The van der Waals surface area contributed by atoms with E-state index in [0.29, 0.717) is 19.3 Å². The number of nitrogens with two attached hydrogens (primary N) is 1. The van der Waals surface area contributed by atoms with E-state index >= 15 is 0 Å². The van der Waals surface area contributed by atoms with Gasteiger partial charge in [-0.3, -0.25) is 28.0 Å². The molecule has 3 rings (SSSR count). The summed E-state index contributed by atoms with van der Waals surface area (Å²) >= 11 is 0. The van der Waals surface area contributed by atoms with Gasteiger partial charge in [0.05, 0.1) is 37.4 Å². The van der Waals surface area contributed by atoms with E-state index in [1.807, 2.05) is 6.92 Å². The lowest BCUT2D eigenvalue weighted by molar-refractivity contribution is -0.183. The molecule has 1 aromatic rings. The van der Waals surface area contributed by atoms with Crippen LogP contribution in [0.3, 0.4) is 0 Å². The van der Waals surface area contributed by atoms with E-state index < -0.39 is 120 Å². The Hall–Kier alpha value is -3.17. The molecule has 23 heteroatoms. The Balaban J connectivity index is 1.83. The fourth-order valence-electron chi connectivity index (χ4n) is 8.39. The standard InChI is InChI=1S/C49H83N3O18P2/c1-4-6-17-23-36(53)27-28-38-40(54)31-41(55)39-24-19-15-16-20-25-44(56)65-32-37(68-45(57)26-21-14-12-10-8-7-9-11-13-18-22-35(3)5-2)33-66-71(61,62)70-72(63,64)67-34-42(47(59)46(38)58)69-48(39)52-30-29-43(50)51-49(52)60/h15,19,27-30,35-40,42,46-48,53-54,58-59H,4-14,16-18,20-26,31-34H2,1-3H3,(H,61,62)(H,63,64)(H2,50,51,60)/t35?,36-,37+,38-,39-,40+,42+,46-,47+,48+/m0/s1. The third-order valence-corrected chi connectivity index (χ3v) is 15.5. The van der Waals surface area contributed by atoms with Gasteiger partial charge < -0.3 is 50.2 Å². The topological polar surface area (TPSA) is 323 Å². The number of aliphatic hydroxyl groups is 4. The highest BCUT2D eigenvalue weighted by Crippen LogP contribution is 2.60. The fourth-order valence-corrected chi connectivity index (χ4v) is 10.5. The van der Waals surface area contributed by atoms with Crippen molar-refractivity contribution in [3.63, 3.8) is 0 Å². The van der Waals surface area contributed by atoms with E-state index in [2.05, 4.69) is 23.1 Å². The molecule has 3 heterocycles. The molecule has 8 N–H and O–H groups in total. The van der Waals surface area contributed by atoms with E-state index in [-0.39, 0.29) is 37.9 Å². The summed E-state index contributed by atoms with van der Waals surface area (Å²) in [7, 11) is -11.3. The number of phosphoric acid groups is 2. The molecule has 1 saturated heterocycles. The van der Waals surface area contributed by atoms with Gasteiger partial charge in [0.15, 0.2) is 6.10 Å². The predicted octanol–water partition coefficient (Wildman–Crippen LogP) is 7.06. The number of Topliss-reactive ketones (excluding diaryl/α,β-unsaturated/α-hetero) is 1. The number of carbonyl (C=O) groups excluding carboxylic acids is 3. The third kappa shape index (κ3) is 24.5. The molecule has 72 heavy (non-hydrogen) atoms. The minimum absolute atomic E-state index is 0.00248. The molecule has 0 radical (unpaired) electrons. The van der Waals surface area contributed by atoms with Gasteiger partial charge in [-0.1, -0.05) is 135 Å². The van der Waals surface area contributed by atoms with Crippen LogP contribution in [0.1, 0.15) is 168 Å². The molecule has 2 aliphatic heterocycles. The largest absolute Gasteiger partial charge is 0.481 e.